The van der Waals surface area contributed by atoms with E-state index in [1.54, 1.807) is 7.11 Å². The molecule has 2 rings (SSSR count). The highest BCUT2D eigenvalue weighted by atomic mass is 79.9. The first-order valence-corrected chi connectivity index (χ1v) is 7.52. The molecule has 0 bridgehead atoms. The number of aromatic nitrogens is 2. The van der Waals surface area contributed by atoms with E-state index in [1.165, 1.54) is 25.7 Å². The van der Waals surface area contributed by atoms with Gasteiger partial charge in [0.25, 0.3) is 0 Å². The van der Waals surface area contributed by atoms with Crippen molar-refractivity contribution in [1.29, 1.82) is 0 Å². The van der Waals surface area contributed by atoms with Crippen LogP contribution in [0.4, 0.5) is 0 Å². The number of methoxy groups -OCH3 is 1. The smallest absolute Gasteiger partial charge is 0.147 e. The summed E-state index contributed by atoms with van der Waals surface area (Å²) in [7, 11) is 1.69. The van der Waals surface area contributed by atoms with Gasteiger partial charge >= 0.3 is 0 Å². The van der Waals surface area contributed by atoms with Crippen LogP contribution in [0.1, 0.15) is 56.0 Å². The molecule has 18 heavy (non-hydrogen) atoms. The molecule has 1 heterocycles. The Morgan fingerprint density at radius 3 is 2.67 bits per heavy atom. The Hall–Kier alpha value is -0.190. The van der Waals surface area contributed by atoms with E-state index in [4.69, 9.17) is 21.3 Å². The van der Waals surface area contributed by atoms with E-state index in [9.17, 15) is 0 Å². The maximum Gasteiger partial charge on any atom is 0.147 e. The third kappa shape index (κ3) is 3.03. The zero-order valence-electron chi connectivity index (χ0n) is 10.7. The molecule has 100 valence electrons. The third-order valence-electron chi connectivity index (χ3n) is 3.45. The van der Waals surface area contributed by atoms with Crippen LogP contribution in [0.3, 0.4) is 0 Å². The van der Waals surface area contributed by atoms with Crippen LogP contribution in [0.15, 0.2) is 4.47 Å². The van der Waals surface area contributed by atoms with E-state index in [0.29, 0.717) is 17.7 Å². The number of hydrogen-bond donors (Lipinski definition) is 0. The van der Waals surface area contributed by atoms with Gasteiger partial charge in [0.2, 0.25) is 0 Å². The fourth-order valence-corrected chi connectivity index (χ4v) is 3.15. The number of halogens is 2. The summed E-state index contributed by atoms with van der Waals surface area (Å²) in [5.74, 6) is 1.47. The lowest BCUT2D eigenvalue weighted by Crippen LogP contribution is -2.11. The van der Waals surface area contributed by atoms with Crippen molar-refractivity contribution in [2.75, 3.05) is 13.7 Å². The Bertz CT molecular complexity index is 422. The van der Waals surface area contributed by atoms with Gasteiger partial charge < -0.3 is 4.74 Å². The van der Waals surface area contributed by atoms with Crippen LogP contribution < -0.4 is 0 Å². The summed E-state index contributed by atoms with van der Waals surface area (Å²) in [6, 6.07) is 0. The predicted octanol–water partition coefficient (Wildman–Crippen LogP) is 4.30. The van der Waals surface area contributed by atoms with Gasteiger partial charge in [-0.15, -0.1) is 0 Å². The van der Waals surface area contributed by atoms with E-state index >= 15 is 0 Å². The monoisotopic (exact) mass is 332 g/mol. The average Bonchev–Trinajstić information content (AvgIpc) is 2.86. The maximum absolute atomic E-state index is 6.20. The summed E-state index contributed by atoms with van der Waals surface area (Å²) in [5.41, 5.74) is 1.07. The van der Waals surface area contributed by atoms with Crippen molar-refractivity contribution in [3.05, 3.63) is 21.1 Å². The lowest BCUT2D eigenvalue weighted by Gasteiger charge is -2.16. The number of hydrogen-bond acceptors (Lipinski definition) is 3. The highest BCUT2D eigenvalue weighted by Gasteiger charge is 2.24. The molecule has 0 aliphatic heterocycles. The normalized spacial score (nSPS) is 18.2. The van der Waals surface area contributed by atoms with Gasteiger partial charge in [-0.3, -0.25) is 0 Å². The van der Waals surface area contributed by atoms with E-state index < -0.39 is 0 Å². The van der Waals surface area contributed by atoms with E-state index in [1.807, 2.05) is 0 Å². The van der Waals surface area contributed by atoms with Crippen molar-refractivity contribution < 1.29 is 4.74 Å². The highest BCUT2D eigenvalue weighted by molar-refractivity contribution is 9.10. The molecule has 5 heteroatoms. The molecule has 0 saturated heterocycles. The van der Waals surface area contributed by atoms with Crippen LogP contribution in [0.2, 0.25) is 5.15 Å². The lowest BCUT2D eigenvalue weighted by atomic mass is 10.0. The first-order valence-electron chi connectivity index (χ1n) is 6.35. The van der Waals surface area contributed by atoms with Gasteiger partial charge in [-0.05, 0) is 28.8 Å². The van der Waals surface area contributed by atoms with Gasteiger partial charge in [-0.2, -0.15) is 0 Å². The number of ether oxygens (including phenoxy) is 1. The summed E-state index contributed by atoms with van der Waals surface area (Å²) >= 11 is 9.73. The zero-order chi connectivity index (χ0) is 13.1. The molecule has 0 aromatic carbocycles. The molecule has 0 amide bonds. The topological polar surface area (TPSA) is 35.0 Å². The van der Waals surface area contributed by atoms with Crippen LogP contribution in [-0.4, -0.2) is 23.7 Å². The Labute approximate surface area is 121 Å². The minimum Gasteiger partial charge on any atom is -0.384 e. The fraction of sp³-hybridized carbons (Fsp3) is 0.692. The Kier molecular flexibility index (Phi) is 4.98. The van der Waals surface area contributed by atoms with Crippen molar-refractivity contribution >= 4 is 27.5 Å². The molecule has 0 radical (unpaired) electrons. The molecule has 1 unspecified atom stereocenters. The molecule has 1 aromatic rings. The second-order valence-electron chi connectivity index (χ2n) is 4.91. The third-order valence-corrected chi connectivity index (χ3v) is 4.74. The minimum absolute atomic E-state index is 0.167. The second-order valence-corrected chi connectivity index (χ2v) is 6.06. The highest BCUT2D eigenvalue weighted by Crippen LogP contribution is 2.39. The quantitative estimate of drug-likeness (QED) is 0.771. The van der Waals surface area contributed by atoms with Crippen molar-refractivity contribution in [2.24, 2.45) is 0 Å². The van der Waals surface area contributed by atoms with Crippen LogP contribution in [-0.2, 0) is 4.74 Å². The van der Waals surface area contributed by atoms with Gasteiger partial charge in [0, 0.05) is 18.9 Å². The van der Waals surface area contributed by atoms with Crippen LogP contribution >= 0.6 is 27.5 Å². The SMILES string of the molecule is COCC(C)c1nc(Cl)c(Br)c(C2CCCC2)n1. The molecule has 1 atom stereocenters. The molecule has 0 N–H and O–H groups in total. The molecule has 3 nitrogen and oxygen atoms in total. The maximum atomic E-state index is 6.20. The molecule has 1 saturated carbocycles. The molecular weight excluding hydrogens is 316 g/mol. The van der Waals surface area contributed by atoms with Gasteiger partial charge in [0.15, 0.2) is 0 Å². The average molecular weight is 334 g/mol. The first-order chi connectivity index (χ1) is 8.63. The number of rotatable bonds is 4. The molecule has 1 aromatic heterocycles. The summed E-state index contributed by atoms with van der Waals surface area (Å²) in [6.45, 7) is 2.67. The molecule has 1 aliphatic carbocycles. The second kappa shape index (κ2) is 6.31. The molecule has 1 fully saturated rings. The molecular formula is C13H18BrClN2O. The fourth-order valence-electron chi connectivity index (χ4n) is 2.47. The summed E-state index contributed by atoms with van der Waals surface area (Å²) in [6.07, 6.45) is 4.96. The number of nitrogens with zero attached hydrogens (tertiary/aromatic N) is 2. The Morgan fingerprint density at radius 1 is 1.39 bits per heavy atom. The van der Waals surface area contributed by atoms with Gasteiger partial charge in [0.1, 0.15) is 11.0 Å². The van der Waals surface area contributed by atoms with E-state index in [-0.39, 0.29) is 5.92 Å². The van der Waals surface area contributed by atoms with Crippen LogP contribution in [0, 0.1) is 0 Å². The molecule has 0 spiro atoms. The van der Waals surface area contributed by atoms with Crippen LogP contribution in [0.25, 0.3) is 0 Å². The standard InChI is InChI=1S/C13H18BrClN2O/c1-8(7-18-2)13-16-11(9-5-3-4-6-9)10(14)12(15)17-13/h8-9H,3-7H2,1-2H3. The zero-order valence-corrected chi connectivity index (χ0v) is 13.1. The molecule has 1 aliphatic rings. The summed E-state index contributed by atoms with van der Waals surface area (Å²) in [5, 5.41) is 0.518. The van der Waals surface area contributed by atoms with Crippen molar-refractivity contribution in [2.45, 2.75) is 44.4 Å². The lowest BCUT2D eigenvalue weighted by molar-refractivity contribution is 0.181. The van der Waals surface area contributed by atoms with Crippen molar-refractivity contribution in [3.8, 4) is 0 Å². The van der Waals surface area contributed by atoms with Gasteiger partial charge in [-0.1, -0.05) is 31.4 Å². The van der Waals surface area contributed by atoms with Gasteiger partial charge in [0.05, 0.1) is 16.8 Å². The minimum atomic E-state index is 0.167. The van der Waals surface area contributed by atoms with Crippen molar-refractivity contribution in [3.63, 3.8) is 0 Å². The van der Waals surface area contributed by atoms with Gasteiger partial charge in [-0.25, -0.2) is 9.97 Å². The first kappa shape index (κ1) is 14.2. The predicted molar refractivity (Wildman–Crippen MR) is 76.2 cm³/mol. The summed E-state index contributed by atoms with van der Waals surface area (Å²) < 4.78 is 6.02. The van der Waals surface area contributed by atoms with Crippen LogP contribution in [0.5, 0.6) is 0 Å². The Balaban J connectivity index is 2.32. The van der Waals surface area contributed by atoms with E-state index in [2.05, 4.69) is 27.8 Å². The van der Waals surface area contributed by atoms with E-state index in [0.717, 1.165) is 16.0 Å². The Morgan fingerprint density at radius 2 is 2.06 bits per heavy atom. The summed E-state index contributed by atoms with van der Waals surface area (Å²) in [4.78, 5) is 9.06. The van der Waals surface area contributed by atoms with Crippen molar-refractivity contribution in [1.82, 2.24) is 9.97 Å². The largest absolute Gasteiger partial charge is 0.384 e.